The minimum absolute atomic E-state index is 0.0185. The number of benzene rings is 2. The molecule has 0 aliphatic rings. The second kappa shape index (κ2) is 11.5. The zero-order valence-corrected chi connectivity index (χ0v) is 18.3. The first-order valence-corrected chi connectivity index (χ1v) is 10.7. The highest BCUT2D eigenvalue weighted by Gasteiger charge is 2.16. The molecule has 6 nitrogen and oxygen atoms in total. The molecule has 0 aliphatic heterocycles. The quantitative estimate of drug-likeness (QED) is 0.603. The molecule has 2 aromatic carbocycles. The Kier molecular flexibility index (Phi) is 9.02. The third-order valence-corrected chi connectivity index (χ3v) is 5.27. The van der Waals surface area contributed by atoms with Gasteiger partial charge in [0.25, 0.3) is 0 Å². The minimum atomic E-state index is -0.164. The van der Waals surface area contributed by atoms with E-state index in [-0.39, 0.29) is 24.9 Å². The predicted octanol–water partition coefficient (Wildman–Crippen LogP) is 3.34. The summed E-state index contributed by atoms with van der Waals surface area (Å²) in [7, 11) is 3.37. The first kappa shape index (κ1) is 22.8. The van der Waals surface area contributed by atoms with E-state index in [1.807, 2.05) is 42.3 Å². The van der Waals surface area contributed by atoms with Crippen molar-refractivity contribution in [1.29, 1.82) is 0 Å². The fourth-order valence-electron chi connectivity index (χ4n) is 2.79. The van der Waals surface area contributed by atoms with Crippen LogP contribution in [0, 0.1) is 0 Å². The van der Waals surface area contributed by atoms with E-state index in [9.17, 15) is 9.59 Å². The van der Waals surface area contributed by atoms with Gasteiger partial charge in [-0.1, -0.05) is 25.1 Å². The van der Waals surface area contributed by atoms with Crippen LogP contribution in [0.5, 0.6) is 5.75 Å². The van der Waals surface area contributed by atoms with Crippen molar-refractivity contribution in [2.75, 3.05) is 45.4 Å². The van der Waals surface area contributed by atoms with Gasteiger partial charge in [0.2, 0.25) is 11.8 Å². The Morgan fingerprint density at radius 1 is 1.10 bits per heavy atom. The summed E-state index contributed by atoms with van der Waals surface area (Å²) in [5.41, 5.74) is 1.75. The van der Waals surface area contributed by atoms with E-state index in [1.165, 1.54) is 4.90 Å². The molecular weight excluding hydrogens is 386 g/mol. The number of carbonyl (C=O) groups excluding carboxylic acids is 2. The highest BCUT2D eigenvalue weighted by Crippen LogP contribution is 2.17. The van der Waals surface area contributed by atoms with Crippen LogP contribution in [-0.2, 0) is 16.1 Å². The first-order valence-electron chi connectivity index (χ1n) is 9.48. The van der Waals surface area contributed by atoms with Gasteiger partial charge >= 0.3 is 0 Å². The molecule has 2 amide bonds. The van der Waals surface area contributed by atoms with Crippen molar-refractivity contribution in [2.24, 2.45) is 0 Å². The van der Waals surface area contributed by atoms with Crippen molar-refractivity contribution in [2.45, 2.75) is 18.4 Å². The summed E-state index contributed by atoms with van der Waals surface area (Å²) in [5.74, 6) is 0.496. The number of amides is 2. The number of hydrogen-bond acceptors (Lipinski definition) is 5. The van der Waals surface area contributed by atoms with E-state index in [1.54, 1.807) is 43.0 Å². The summed E-state index contributed by atoms with van der Waals surface area (Å²) >= 11 is 1.69. The van der Waals surface area contributed by atoms with Crippen molar-refractivity contribution in [1.82, 2.24) is 9.80 Å². The van der Waals surface area contributed by atoms with Crippen molar-refractivity contribution in [3.05, 3.63) is 54.1 Å². The van der Waals surface area contributed by atoms with E-state index < -0.39 is 0 Å². The van der Waals surface area contributed by atoms with Crippen molar-refractivity contribution in [3.63, 3.8) is 0 Å². The second-order valence-electron chi connectivity index (χ2n) is 6.68. The summed E-state index contributed by atoms with van der Waals surface area (Å²) in [4.78, 5) is 29.7. The van der Waals surface area contributed by atoms with Crippen LogP contribution >= 0.6 is 11.8 Å². The molecule has 0 spiro atoms. The third-order valence-electron chi connectivity index (χ3n) is 4.53. The molecule has 2 rings (SSSR count). The van der Waals surface area contributed by atoms with E-state index >= 15 is 0 Å². The number of nitrogens with one attached hydrogen (secondary N) is 1. The predicted molar refractivity (Wildman–Crippen MR) is 118 cm³/mol. The van der Waals surface area contributed by atoms with E-state index in [0.29, 0.717) is 24.5 Å². The van der Waals surface area contributed by atoms with Gasteiger partial charge in [-0.25, -0.2) is 0 Å². The molecule has 29 heavy (non-hydrogen) atoms. The van der Waals surface area contributed by atoms with Crippen LogP contribution in [0.3, 0.4) is 0 Å². The van der Waals surface area contributed by atoms with E-state index in [4.69, 9.17) is 4.74 Å². The lowest BCUT2D eigenvalue weighted by molar-refractivity contribution is -0.132. The highest BCUT2D eigenvalue weighted by molar-refractivity contribution is 7.98. The number of carbonyl (C=O) groups is 2. The fourth-order valence-corrected chi connectivity index (χ4v) is 3.20. The molecule has 7 heteroatoms. The molecule has 1 N–H and O–H groups in total. The lowest BCUT2D eigenvalue weighted by Gasteiger charge is -2.23. The van der Waals surface area contributed by atoms with Crippen molar-refractivity contribution >= 4 is 29.3 Å². The second-order valence-corrected chi connectivity index (χ2v) is 7.56. The zero-order valence-electron chi connectivity index (χ0n) is 17.5. The normalized spacial score (nSPS) is 10.7. The van der Waals surface area contributed by atoms with Crippen LogP contribution in [-0.4, -0.2) is 61.7 Å². The van der Waals surface area contributed by atoms with Gasteiger partial charge in [-0.05, 0) is 42.6 Å². The smallest absolute Gasteiger partial charge is 0.238 e. The summed E-state index contributed by atoms with van der Waals surface area (Å²) < 4.78 is 5.17. The maximum atomic E-state index is 12.6. The Hall–Kier alpha value is -2.51. The van der Waals surface area contributed by atoms with Crippen molar-refractivity contribution < 1.29 is 14.3 Å². The third kappa shape index (κ3) is 7.44. The molecule has 0 bridgehead atoms. The molecule has 0 aliphatic carbocycles. The van der Waals surface area contributed by atoms with Crippen LogP contribution in [0.15, 0.2) is 53.4 Å². The Morgan fingerprint density at radius 2 is 1.83 bits per heavy atom. The molecule has 0 heterocycles. The van der Waals surface area contributed by atoms with Gasteiger partial charge < -0.3 is 15.0 Å². The van der Waals surface area contributed by atoms with Crippen LogP contribution in [0.1, 0.15) is 12.5 Å². The summed E-state index contributed by atoms with van der Waals surface area (Å²) in [6, 6.07) is 15.4. The molecule has 0 fully saturated rings. The number of thioether (sulfide) groups is 1. The molecule has 0 saturated carbocycles. The standard InChI is InChI=1S/C22H29N3O3S/c1-5-25(15-21(26)23-18-7-6-8-19(13-18)28-3)16-22(27)24(2)14-17-9-11-20(29-4)12-10-17/h6-13H,5,14-16H2,1-4H3,(H,23,26). The lowest BCUT2D eigenvalue weighted by atomic mass is 10.2. The lowest BCUT2D eigenvalue weighted by Crippen LogP contribution is -2.41. The Labute approximate surface area is 177 Å². The summed E-state index contributed by atoms with van der Waals surface area (Å²) in [6.07, 6.45) is 2.04. The largest absolute Gasteiger partial charge is 0.497 e. The number of rotatable bonds is 10. The average molecular weight is 416 g/mol. The van der Waals surface area contributed by atoms with Crippen LogP contribution < -0.4 is 10.1 Å². The van der Waals surface area contributed by atoms with E-state index in [2.05, 4.69) is 17.4 Å². The monoisotopic (exact) mass is 415 g/mol. The molecular formula is C22H29N3O3S. The van der Waals surface area contributed by atoms with E-state index in [0.717, 1.165) is 5.56 Å². The molecule has 0 unspecified atom stereocenters. The first-order chi connectivity index (χ1) is 13.9. The molecule has 2 aromatic rings. The molecule has 0 saturated heterocycles. The Bertz CT molecular complexity index is 811. The number of nitrogens with zero attached hydrogens (tertiary/aromatic N) is 2. The van der Waals surface area contributed by atoms with Crippen LogP contribution in [0.25, 0.3) is 0 Å². The topological polar surface area (TPSA) is 61.9 Å². The maximum Gasteiger partial charge on any atom is 0.238 e. The minimum Gasteiger partial charge on any atom is -0.497 e. The number of methoxy groups -OCH3 is 1. The maximum absolute atomic E-state index is 12.6. The zero-order chi connectivity index (χ0) is 21.2. The van der Waals surface area contributed by atoms with Gasteiger partial charge in [0.1, 0.15) is 5.75 Å². The average Bonchev–Trinajstić information content (AvgIpc) is 2.73. The van der Waals surface area contributed by atoms with Crippen molar-refractivity contribution in [3.8, 4) is 5.75 Å². The molecule has 0 radical (unpaired) electrons. The SMILES string of the molecule is CCN(CC(=O)Nc1cccc(OC)c1)CC(=O)N(C)Cc1ccc(SC)cc1. The molecule has 0 aromatic heterocycles. The van der Waals surface area contributed by atoms with Gasteiger partial charge in [-0.15, -0.1) is 11.8 Å². The molecule has 156 valence electrons. The van der Waals surface area contributed by atoms with Gasteiger partial charge in [0.05, 0.1) is 20.2 Å². The van der Waals surface area contributed by atoms with Crippen LogP contribution in [0.4, 0.5) is 5.69 Å². The number of ether oxygens (including phenoxy) is 1. The van der Waals surface area contributed by atoms with Crippen LogP contribution in [0.2, 0.25) is 0 Å². The summed E-state index contributed by atoms with van der Waals surface area (Å²) in [5, 5.41) is 2.85. The van der Waals surface area contributed by atoms with Gasteiger partial charge in [-0.2, -0.15) is 0 Å². The highest BCUT2D eigenvalue weighted by atomic mass is 32.2. The Balaban J connectivity index is 1.86. The Morgan fingerprint density at radius 3 is 2.45 bits per heavy atom. The molecule has 0 atom stereocenters. The van der Waals surface area contributed by atoms with Gasteiger partial charge in [-0.3, -0.25) is 14.5 Å². The number of hydrogen-bond donors (Lipinski definition) is 1. The van der Waals surface area contributed by atoms with Gasteiger partial charge in [0, 0.05) is 30.2 Å². The fraction of sp³-hybridized carbons (Fsp3) is 0.364. The van der Waals surface area contributed by atoms with Gasteiger partial charge in [0.15, 0.2) is 0 Å². The summed E-state index contributed by atoms with van der Waals surface area (Å²) in [6.45, 7) is 3.43. The number of likely N-dealkylation sites (N-methyl/N-ethyl adjacent to an activating group) is 2. The number of anilines is 1.